The molecule has 2 aromatic carbocycles. The molecular formula is C19H10Br2Cl3F7N2O3S. The monoisotopic (exact) mass is 742 g/mol. The second kappa shape index (κ2) is 11.9. The summed E-state index contributed by atoms with van der Waals surface area (Å²) >= 11 is 21.3. The molecule has 0 radical (unpaired) electrons. The lowest BCUT2D eigenvalue weighted by Crippen LogP contribution is -2.49. The first-order valence-electron chi connectivity index (χ1n) is 9.16. The molecule has 18 heteroatoms. The molecule has 204 valence electrons. The molecule has 0 aliphatic carbocycles. The number of nitrogens with one attached hydrogen (secondary N) is 2. The van der Waals surface area contributed by atoms with Crippen molar-refractivity contribution in [3.63, 3.8) is 0 Å². The average Bonchev–Trinajstić information content (AvgIpc) is 2.73. The summed E-state index contributed by atoms with van der Waals surface area (Å²) in [4.78, 5) is 23.8. The predicted molar refractivity (Wildman–Crippen MR) is 133 cm³/mol. The minimum Gasteiger partial charge on any atom is -0.445 e. The van der Waals surface area contributed by atoms with Crippen molar-refractivity contribution in [1.82, 2.24) is 0 Å². The SMILES string of the molecule is O=C(Nc1cccc(C(=O)Nc2c(Br)cc(SC(F)(F)C(F)(F)C(F)(F)F)cc2Br)c1)OCC(Cl)(Cl)Cl. The van der Waals surface area contributed by atoms with Gasteiger partial charge in [0.1, 0.15) is 6.61 Å². The third kappa shape index (κ3) is 8.68. The Hall–Kier alpha value is -1.13. The topological polar surface area (TPSA) is 67.4 Å². The molecule has 2 aromatic rings. The van der Waals surface area contributed by atoms with Gasteiger partial charge in [0.25, 0.3) is 5.91 Å². The highest BCUT2D eigenvalue weighted by Crippen LogP contribution is 2.54. The largest absolute Gasteiger partial charge is 0.460 e. The number of halogens is 12. The van der Waals surface area contributed by atoms with Crippen LogP contribution in [0.4, 0.5) is 46.9 Å². The molecule has 5 nitrogen and oxygen atoms in total. The summed E-state index contributed by atoms with van der Waals surface area (Å²) in [5.74, 6) is -7.07. The van der Waals surface area contributed by atoms with Gasteiger partial charge in [0.2, 0.25) is 3.79 Å². The van der Waals surface area contributed by atoms with Gasteiger partial charge in [-0.05, 0) is 74.0 Å². The second-order valence-corrected chi connectivity index (χ2v) is 12.2. The van der Waals surface area contributed by atoms with Crippen LogP contribution in [0.1, 0.15) is 10.4 Å². The number of hydrogen-bond acceptors (Lipinski definition) is 4. The molecule has 0 aliphatic rings. The lowest BCUT2D eigenvalue weighted by molar-refractivity contribution is -0.330. The lowest BCUT2D eigenvalue weighted by Gasteiger charge is -2.27. The highest BCUT2D eigenvalue weighted by Gasteiger charge is 2.73. The predicted octanol–water partition coefficient (Wildman–Crippen LogP) is 9.27. The summed E-state index contributed by atoms with van der Waals surface area (Å²) < 4.78 is 93.7. The smallest absolute Gasteiger partial charge is 0.445 e. The quantitative estimate of drug-likeness (QED) is 0.169. The van der Waals surface area contributed by atoms with Crippen LogP contribution in [0.5, 0.6) is 0 Å². The molecule has 37 heavy (non-hydrogen) atoms. The zero-order chi connectivity index (χ0) is 28.4. The van der Waals surface area contributed by atoms with Crippen LogP contribution in [0.15, 0.2) is 50.2 Å². The number of thioether (sulfide) groups is 1. The number of hydrogen-bond donors (Lipinski definition) is 2. The van der Waals surface area contributed by atoms with E-state index in [2.05, 4.69) is 42.5 Å². The lowest BCUT2D eigenvalue weighted by atomic mass is 10.2. The van der Waals surface area contributed by atoms with Gasteiger partial charge in [-0.25, -0.2) is 4.79 Å². The second-order valence-electron chi connectivity index (χ2n) is 6.80. The Balaban J connectivity index is 2.18. The van der Waals surface area contributed by atoms with Crippen LogP contribution in [0, 0.1) is 0 Å². The van der Waals surface area contributed by atoms with E-state index in [1.54, 1.807) is 0 Å². The number of amides is 2. The highest BCUT2D eigenvalue weighted by molar-refractivity contribution is 9.11. The number of carbonyl (C=O) groups excluding carboxylic acids is 2. The number of alkyl halides is 10. The van der Waals surface area contributed by atoms with Crippen LogP contribution in [-0.4, -0.2) is 39.8 Å². The summed E-state index contributed by atoms with van der Waals surface area (Å²) in [6, 6.07) is 7.03. The fraction of sp³-hybridized carbons (Fsp3) is 0.263. The zero-order valence-electron chi connectivity index (χ0n) is 17.3. The first kappa shape index (κ1) is 32.1. The van der Waals surface area contributed by atoms with Crippen LogP contribution in [0.25, 0.3) is 0 Å². The molecule has 0 bridgehead atoms. The van der Waals surface area contributed by atoms with Crippen molar-refractivity contribution in [3.05, 3.63) is 50.9 Å². The number of benzene rings is 2. The van der Waals surface area contributed by atoms with E-state index in [4.69, 9.17) is 39.5 Å². The zero-order valence-corrected chi connectivity index (χ0v) is 23.6. The highest BCUT2D eigenvalue weighted by atomic mass is 79.9. The Labute approximate surface area is 240 Å². The van der Waals surface area contributed by atoms with Gasteiger partial charge in [0.15, 0.2) is 0 Å². The van der Waals surface area contributed by atoms with E-state index >= 15 is 0 Å². The Kier molecular flexibility index (Phi) is 10.4. The van der Waals surface area contributed by atoms with Crippen LogP contribution in [0.2, 0.25) is 0 Å². The minimum absolute atomic E-state index is 0.00668. The van der Waals surface area contributed by atoms with Crippen LogP contribution in [0.3, 0.4) is 0 Å². The Morgan fingerprint density at radius 1 is 0.919 bits per heavy atom. The maximum absolute atomic E-state index is 13.7. The van der Waals surface area contributed by atoms with Crippen molar-refractivity contribution in [3.8, 4) is 0 Å². The van der Waals surface area contributed by atoms with Crippen LogP contribution < -0.4 is 10.6 Å². The van der Waals surface area contributed by atoms with E-state index < -0.39 is 56.4 Å². The normalized spacial score (nSPS) is 12.8. The molecule has 0 atom stereocenters. The van der Waals surface area contributed by atoms with Crippen molar-refractivity contribution in [2.45, 2.75) is 26.0 Å². The van der Waals surface area contributed by atoms with Gasteiger partial charge in [0.05, 0.1) is 5.69 Å². The summed E-state index contributed by atoms with van der Waals surface area (Å²) in [7, 11) is 0. The molecule has 2 N–H and O–H groups in total. The summed E-state index contributed by atoms with van der Waals surface area (Å²) in [6.45, 7) is -0.556. The molecule has 2 rings (SSSR count). The standard InChI is InChI=1S/C19H10Br2Cl3F7N2O3S/c20-11-5-10(37-19(30,31)17(25,26)18(27,28)29)6-12(21)13(11)33-14(34)8-2-1-3-9(4-8)32-15(35)36-7-16(22,23)24/h1-6H,7H2,(H,32,35)(H,33,34). The van der Waals surface area contributed by atoms with E-state index in [1.165, 1.54) is 24.3 Å². The van der Waals surface area contributed by atoms with Gasteiger partial charge in [0, 0.05) is 25.1 Å². The van der Waals surface area contributed by atoms with Crippen molar-refractivity contribution in [2.75, 3.05) is 17.2 Å². The molecule has 0 aliphatic heterocycles. The molecule has 0 spiro atoms. The summed E-state index contributed by atoms with van der Waals surface area (Å²) in [5.41, 5.74) is 0.0492. The van der Waals surface area contributed by atoms with Gasteiger partial charge in [-0.15, -0.1) is 0 Å². The number of rotatable bonds is 7. The Bertz CT molecular complexity index is 1160. The van der Waals surface area contributed by atoms with Crippen molar-refractivity contribution in [2.24, 2.45) is 0 Å². The van der Waals surface area contributed by atoms with Crippen molar-refractivity contribution in [1.29, 1.82) is 0 Å². The first-order valence-corrected chi connectivity index (χ1v) is 12.7. The average molecular weight is 746 g/mol. The van der Waals surface area contributed by atoms with E-state index in [0.29, 0.717) is 0 Å². The molecule has 2 amide bonds. The molecule has 0 heterocycles. The Morgan fingerprint density at radius 3 is 2.00 bits per heavy atom. The summed E-state index contributed by atoms with van der Waals surface area (Å²) in [5, 5.41) is -0.817. The van der Waals surface area contributed by atoms with Gasteiger partial charge in [-0.1, -0.05) is 40.9 Å². The fourth-order valence-electron chi connectivity index (χ4n) is 2.33. The van der Waals surface area contributed by atoms with Crippen molar-refractivity contribution >= 4 is 102 Å². The van der Waals surface area contributed by atoms with Crippen molar-refractivity contribution < 1.29 is 45.1 Å². The van der Waals surface area contributed by atoms with Gasteiger partial charge in [-0.3, -0.25) is 10.1 Å². The molecule has 0 unspecified atom stereocenters. The number of carbonyl (C=O) groups is 2. The third-order valence-electron chi connectivity index (χ3n) is 3.96. The fourth-order valence-corrected chi connectivity index (χ4v) is 5.08. The summed E-state index contributed by atoms with van der Waals surface area (Å²) in [6.07, 6.45) is -7.47. The van der Waals surface area contributed by atoms with Crippen LogP contribution >= 0.6 is 78.4 Å². The third-order valence-corrected chi connectivity index (χ3v) is 6.52. The number of ether oxygens (including phenoxy) is 1. The molecule has 0 saturated heterocycles. The van der Waals surface area contributed by atoms with Gasteiger partial charge >= 0.3 is 23.4 Å². The molecule has 0 saturated carbocycles. The van der Waals surface area contributed by atoms with Gasteiger partial charge in [-0.2, -0.15) is 30.7 Å². The molecule has 0 aromatic heterocycles. The Morgan fingerprint density at radius 2 is 1.49 bits per heavy atom. The van der Waals surface area contributed by atoms with E-state index in [1.807, 2.05) is 0 Å². The first-order chi connectivity index (χ1) is 16.7. The van der Waals surface area contributed by atoms with E-state index in [-0.39, 0.29) is 25.9 Å². The minimum atomic E-state index is -6.48. The molecule has 0 fully saturated rings. The van der Waals surface area contributed by atoms with Crippen LogP contribution in [-0.2, 0) is 4.74 Å². The van der Waals surface area contributed by atoms with E-state index in [0.717, 1.165) is 12.1 Å². The molecular weight excluding hydrogens is 735 g/mol. The van der Waals surface area contributed by atoms with E-state index in [9.17, 15) is 40.3 Å². The number of anilines is 2. The maximum Gasteiger partial charge on any atom is 0.460 e. The van der Waals surface area contributed by atoms with Gasteiger partial charge < -0.3 is 10.1 Å². The maximum atomic E-state index is 13.7.